The summed E-state index contributed by atoms with van der Waals surface area (Å²) in [7, 11) is 0. The molecule has 0 heterocycles. The van der Waals surface area contributed by atoms with Gasteiger partial charge in [0.2, 0.25) is 0 Å². The fourth-order valence-electron chi connectivity index (χ4n) is 0.745. The molecule has 0 aliphatic heterocycles. The van der Waals surface area contributed by atoms with Crippen molar-refractivity contribution in [2.24, 2.45) is 0 Å². The third-order valence-corrected chi connectivity index (χ3v) is 1.53. The van der Waals surface area contributed by atoms with Crippen molar-refractivity contribution in [3.8, 4) is 0 Å². The van der Waals surface area contributed by atoms with Crippen LogP contribution in [0.1, 0.15) is 27.2 Å². The fraction of sp³-hybridized carbons (Fsp3) is 1.00. The van der Waals surface area contributed by atoms with Gasteiger partial charge < -0.3 is 15.2 Å². The number of ether oxygens (including phenoxy) is 1. The van der Waals surface area contributed by atoms with Crippen LogP contribution in [0.2, 0.25) is 0 Å². The van der Waals surface area contributed by atoms with Crippen LogP contribution in [0.4, 0.5) is 0 Å². The van der Waals surface area contributed by atoms with E-state index in [4.69, 9.17) is 4.74 Å². The van der Waals surface area contributed by atoms with E-state index < -0.39 is 5.60 Å². The van der Waals surface area contributed by atoms with Crippen LogP contribution in [-0.2, 0) is 4.74 Å². The monoisotopic (exact) mass is 175 g/mol. The van der Waals surface area contributed by atoms with Crippen molar-refractivity contribution >= 4 is 0 Å². The van der Waals surface area contributed by atoms with Crippen molar-refractivity contribution in [3.63, 3.8) is 0 Å². The zero-order valence-electron chi connectivity index (χ0n) is 8.39. The Balaban J connectivity index is 3.01. The minimum absolute atomic E-state index is 0.599. The van der Waals surface area contributed by atoms with Gasteiger partial charge in [-0.25, -0.2) is 0 Å². The van der Waals surface area contributed by atoms with E-state index in [1.807, 2.05) is 0 Å². The minimum atomic E-state index is -0.599. The molecule has 0 saturated heterocycles. The topological polar surface area (TPSA) is 41.5 Å². The first-order valence-electron chi connectivity index (χ1n) is 4.57. The summed E-state index contributed by atoms with van der Waals surface area (Å²) in [6.45, 7) is 8.88. The van der Waals surface area contributed by atoms with Crippen LogP contribution in [0.15, 0.2) is 0 Å². The summed E-state index contributed by atoms with van der Waals surface area (Å²) >= 11 is 0. The zero-order valence-corrected chi connectivity index (χ0v) is 8.39. The van der Waals surface area contributed by atoms with Crippen LogP contribution < -0.4 is 5.32 Å². The summed E-state index contributed by atoms with van der Waals surface area (Å²) in [5, 5.41) is 12.5. The Morgan fingerprint density at radius 1 is 1.33 bits per heavy atom. The Bertz CT molecular complexity index is 99.2. The lowest BCUT2D eigenvalue weighted by molar-refractivity contribution is 0.0291. The van der Waals surface area contributed by atoms with Crippen molar-refractivity contribution < 1.29 is 9.84 Å². The highest BCUT2D eigenvalue weighted by Gasteiger charge is 2.10. The number of hydrogen-bond donors (Lipinski definition) is 2. The number of hydrogen-bond acceptors (Lipinski definition) is 3. The van der Waals surface area contributed by atoms with Crippen LogP contribution in [0, 0.1) is 0 Å². The maximum atomic E-state index is 9.32. The van der Waals surface area contributed by atoms with Crippen LogP contribution in [-0.4, -0.2) is 37.0 Å². The van der Waals surface area contributed by atoms with Gasteiger partial charge in [-0.15, -0.1) is 0 Å². The van der Waals surface area contributed by atoms with Gasteiger partial charge in [-0.3, -0.25) is 0 Å². The lowest BCUT2D eigenvalue weighted by atomic mass is 10.1. The molecule has 0 spiro atoms. The molecule has 0 saturated carbocycles. The Hall–Kier alpha value is -0.120. The van der Waals surface area contributed by atoms with Gasteiger partial charge in [-0.05, 0) is 26.8 Å². The fourth-order valence-corrected chi connectivity index (χ4v) is 0.745. The third-order valence-electron chi connectivity index (χ3n) is 1.53. The molecule has 0 bridgehead atoms. The zero-order chi connectivity index (χ0) is 9.45. The Morgan fingerprint density at radius 2 is 2.00 bits per heavy atom. The third kappa shape index (κ3) is 9.88. The molecule has 0 aromatic rings. The van der Waals surface area contributed by atoms with Crippen LogP contribution in [0.5, 0.6) is 0 Å². The Labute approximate surface area is 75.1 Å². The van der Waals surface area contributed by atoms with Crippen molar-refractivity contribution in [2.75, 3.05) is 26.3 Å². The average Bonchev–Trinajstić information content (AvgIpc) is 1.94. The van der Waals surface area contributed by atoms with Gasteiger partial charge in [-0.2, -0.15) is 0 Å². The lowest BCUT2D eigenvalue weighted by Crippen LogP contribution is -2.23. The molecule has 3 nitrogen and oxygen atoms in total. The number of aliphatic hydroxyl groups is 1. The predicted molar refractivity (Wildman–Crippen MR) is 50.3 cm³/mol. The minimum Gasteiger partial charge on any atom is -0.390 e. The molecule has 0 aliphatic carbocycles. The van der Waals surface area contributed by atoms with Gasteiger partial charge in [0.05, 0.1) is 12.2 Å². The second kappa shape index (κ2) is 6.40. The Kier molecular flexibility index (Phi) is 6.34. The average molecular weight is 175 g/mol. The van der Waals surface area contributed by atoms with Crippen LogP contribution in [0.25, 0.3) is 0 Å². The highest BCUT2D eigenvalue weighted by Crippen LogP contribution is 2.06. The van der Waals surface area contributed by atoms with Crippen molar-refractivity contribution in [2.45, 2.75) is 32.8 Å². The maximum Gasteiger partial charge on any atom is 0.0613 e. The summed E-state index contributed by atoms with van der Waals surface area (Å²) in [4.78, 5) is 0. The summed E-state index contributed by atoms with van der Waals surface area (Å²) in [5.74, 6) is 0. The highest BCUT2D eigenvalue weighted by molar-refractivity contribution is 4.63. The van der Waals surface area contributed by atoms with Crippen molar-refractivity contribution in [1.82, 2.24) is 5.32 Å². The SMILES string of the molecule is CCNCCOCCC(C)(C)O. The van der Waals surface area contributed by atoms with E-state index >= 15 is 0 Å². The first kappa shape index (κ1) is 11.9. The first-order chi connectivity index (χ1) is 5.56. The number of rotatable bonds is 7. The molecule has 3 heteroatoms. The lowest BCUT2D eigenvalue weighted by Gasteiger charge is -2.16. The van der Waals surface area contributed by atoms with Crippen molar-refractivity contribution in [1.29, 1.82) is 0 Å². The quantitative estimate of drug-likeness (QED) is 0.562. The molecule has 0 unspecified atom stereocenters. The van der Waals surface area contributed by atoms with Gasteiger partial charge >= 0.3 is 0 Å². The van der Waals surface area contributed by atoms with Crippen LogP contribution in [0.3, 0.4) is 0 Å². The maximum absolute atomic E-state index is 9.32. The molecule has 74 valence electrons. The predicted octanol–water partition coefficient (Wildman–Crippen LogP) is 0.774. The first-order valence-corrected chi connectivity index (χ1v) is 4.57. The molecule has 0 aromatic heterocycles. The summed E-state index contributed by atoms with van der Waals surface area (Å²) in [6.07, 6.45) is 0.694. The van der Waals surface area contributed by atoms with Crippen LogP contribution >= 0.6 is 0 Å². The van der Waals surface area contributed by atoms with E-state index in [1.54, 1.807) is 13.8 Å². The van der Waals surface area contributed by atoms with E-state index in [2.05, 4.69) is 12.2 Å². The normalized spacial score (nSPS) is 12.0. The molecule has 12 heavy (non-hydrogen) atoms. The molecule has 0 aromatic carbocycles. The standard InChI is InChI=1S/C9H21NO2/c1-4-10-6-8-12-7-5-9(2,3)11/h10-11H,4-8H2,1-3H3. The van der Waals surface area contributed by atoms with Gasteiger partial charge in [-0.1, -0.05) is 6.92 Å². The molecule has 2 N–H and O–H groups in total. The molecule has 0 atom stereocenters. The summed E-state index contributed by atoms with van der Waals surface area (Å²) in [6, 6.07) is 0. The Morgan fingerprint density at radius 3 is 2.50 bits per heavy atom. The molecular weight excluding hydrogens is 154 g/mol. The summed E-state index contributed by atoms with van der Waals surface area (Å²) in [5.41, 5.74) is -0.599. The van der Waals surface area contributed by atoms with E-state index in [9.17, 15) is 5.11 Å². The number of likely N-dealkylation sites (N-methyl/N-ethyl adjacent to an activating group) is 1. The van der Waals surface area contributed by atoms with E-state index in [-0.39, 0.29) is 0 Å². The molecular formula is C9H21NO2. The van der Waals surface area contributed by atoms with Gasteiger partial charge in [0.25, 0.3) is 0 Å². The molecule has 0 radical (unpaired) electrons. The van der Waals surface area contributed by atoms with E-state index in [0.717, 1.165) is 19.7 Å². The van der Waals surface area contributed by atoms with Crippen molar-refractivity contribution in [3.05, 3.63) is 0 Å². The summed E-state index contributed by atoms with van der Waals surface area (Å²) < 4.78 is 5.29. The van der Waals surface area contributed by atoms with Gasteiger partial charge in [0.15, 0.2) is 0 Å². The second-order valence-corrected chi connectivity index (χ2v) is 3.53. The number of nitrogens with one attached hydrogen (secondary N) is 1. The second-order valence-electron chi connectivity index (χ2n) is 3.53. The molecule has 0 rings (SSSR count). The van der Waals surface area contributed by atoms with E-state index in [1.165, 1.54) is 0 Å². The smallest absolute Gasteiger partial charge is 0.0613 e. The highest BCUT2D eigenvalue weighted by atomic mass is 16.5. The molecule has 0 fully saturated rings. The van der Waals surface area contributed by atoms with Gasteiger partial charge in [0, 0.05) is 13.2 Å². The largest absolute Gasteiger partial charge is 0.390 e. The van der Waals surface area contributed by atoms with E-state index in [0.29, 0.717) is 13.0 Å². The molecule has 0 amide bonds. The van der Waals surface area contributed by atoms with Gasteiger partial charge in [0.1, 0.15) is 0 Å². The molecule has 0 aliphatic rings.